The highest BCUT2D eigenvalue weighted by Gasteiger charge is 2.53. The maximum atomic E-state index is 10.8. The first-order valence-corrected chi connectivity index (χ1v) is 5.43. The minimum Gasteiger partial charge on any atom is -0.285 e. The molecule has 0 spiro atoms. The van der Waals surface area contributed by atoms with E-state index in [9.17, 15) is 8.42 Å². The summed E-state index contributed by atoms with van der Waals surface area (Å²) in [6, 6.07) is 0. The Kier molecular flexibility index (Phi) is 2.25. The quantitative estimate of drug-likeness (QED) is 0.665. The average Bonchev–Trinajstić information content (AvgIpc) is 2.61. The first-order valence-electron chi connectivity index (χ1n) is 3.99. The first-order chi connectivity index (χ1) is 5.02. The number of unbranched alkanes of at least 4 members (excludes halogenated alkanes) is 1. The fourth-order valence-corrected chi connectivity index (χ4v) is 2.30. The summed E-state index contributed by atoms with van der Waals surface area (Å²) in [5, 5.41) is 0. The average molecular weight is 178 g/mol. The molecule has 0 amide bonds. The molecule has 66 valence electrons. The van der Waals surface area contributed by atoms with Crippen LogP contribution in [0.15, 0.2) is 0 Å². The van der Waals surface area contributed by atoms with Gasteiger partial charge in [0.1, 0.15) is 0 Å². The molecule has 0 aromatic rings. The third kappa shape index (κ3) is 1.73. The smallest absolute Gasteiger partial charge is 0.270 e. The minimum atomic E-state index is -3.76. The van der Waals surface area contributed by atoms with E-state index in [-0.39, 0.29) is 0 Å². The van der Waals surface area contributed by atoms with Gasteiger partial charge in [-0.1, -0.05) is 19.8 Å². The molecule has 4 heteroatoms. The van der Waals surface area contributed by atoms with E-state index in [2.05, 4.69) is 0 Å². The second-order valence-corrected chi connectivity index (χ2v) is 5.08. The molecule has 3 nitrogen and oxygen atoms in total. The van der Waals surface area contributed by atoms with Crippen LogP contribution in [0.5, 0.6) is 0 Å². The topological polar surface area (TPSA) is 54.4 Å². The van der Waals surface area contributed by atoms with Crippen LogP contribution in [0.3, 0.4) is 0 Å². The minimum absolute atomic E-state index is 0.627. The molecular formula is C7H14O3S. The molecule has 1 rings (SSSR count). The Bertz CT molecular complexity index is 226. The third-order valence-electron chi connectivity index (χ3n) is 2.34. The summed E-state index contributed by atoms with van der Waals surface area (Å²) >= 11 is 0. The molecule has 0 bridgehead atoms. The van der Waals surface area contributed by atoms with Gasteiger partial charge in [-0.05, 0) is 19.3 Å². The van der Waals surface area contributed by atoms with Crippen LogP contribution in [0.1, 0.15) is 39.0 Å². The third-order valence-corrected chi connectivity index (χ3v) is 4.05. The van der Waals surface area contributed by atoms with Crippen LogP contribution in [-0.2, 0) is 10.1 Å². The Balaban J connectivity index is 2.55. The van der Waals surface area contributed by atoms with E-state index in [1.54, 1.807) is 0 Å². The van der Waals surface area contributed by atoms with Crippen molar-refractivity contribution in [1.29, 1.82) is 0 Å². The fraction of sp³-hybridized carbons (Fsp3) is 1.00. The van der Waals surface area contributed by atoms with Gasteiger partial charge >= 0.3 is 0 Å². The lowest BCUT2D eigenvalue weighted by molar-refractivity contribution is 0.454. The van der Waals surface area contributed by atoms with Crippen molar-refractivity contribution < 1.29 is 13.0 Å². The first kappa shape index (κ1) is 9.00. The standard InChI is InChI=1S/C7H14O3S/c1-2-3-4-7(5-6-7)11(8,9)10/h2-6H2,1H3,(H,8,9,10). The van der Waals surface area contributed by atoms with E-state index in [0.717, 1.165) is 12.8 Å². The molecule has 0 saturated heterocycles. The van der Waals surface area contributed by atoms with Crippen molar-refractivity contribution in [3.8, 4) is 0 Å². The van der Waals surface area contributed by atoms with Crippen LogP contribution >= 0.6 is 0 Å². The van der Waals surface area contributed by atoms with Crippen LogP contribution in [0.2, 0.25) is 0 Å². The van der Waals surface area contributed by atoms with Gasteiger partial charge in [-0.15, -0.1) is 0 Å². The van der Waals surface area contributed by atoms with Crippen molar-refractivity contribution in [2.45, 2.75) is 43.8 Å². The van der Waals surface area contributed by atoms with E-state index in [1.807, 2.05) is 6.92 Å². The van der Waals surface area contributed by atoms with Gasteiger partial charge in [0, 0.05) is 0 Å². The van der Waals surface area contributed by atoms with Gasteiger partial charge in [0.2, 0.25) is 0 Å². The molecule has 11 heavy (non-hydrogen) atoms. The summed E-state index contributed by atoms with van der Waals surface area (Å²) in [7, 11) is -3.76. The molecule has 0 aliphatic heterocycles. The largest absolute Gasteiger partial charge is 0.285 e. The highest BCUT2D eigenvalue weighted by atomic mass is 32.2. The van der Waals surface area contributed by atoms with Gasteiger partial charge < -0.3 is 0 Å². The highest BCUT2D eigenvalue weighted by molar-refractivity contribution is 7.87. The number of rotatable bonds is 4. The molecule has 0 radical (unpaired) electrons. The van der Waals surface area contributed by atoms with Gasteiger partial charge in [0.15, 0.2) is 0 Å². The molecule has 1 aliphatic rings. The molecule has 1 saturated carbocycles. The number of hydrogen-bond donors (Lipinski definition) is 1. The Hall–Kier alpha value is -0.0900. The van der Waals surface area contributed by atoms with Gasteiger partial charge in [-0.2, -0.15) is 8.42 Å². The Morgan fingerprint density at radius 3 is 2.27 bits per heavy atom. The lowest BCUT2D eigenvalue weighted by Gasteiger charge is -2.09. The summed E-state index contributed by atoms with van der Waals surface area (Å²) < 4.78 is 29.6. The molecule has 0 aromatic heterocycles. The predicted octanol–water partition coefficient (Wildman–Crippen LogP) is 1.60. The molecule has 0 atom stereocenters. The molecule has 0 aromatic carbocycles. The second kappa shape index (κ2) is 2.75. The second-order valence-electron chi connectivity index (χ2n) is 3.26. The Morgan fingerprint density at radius 1 is 1.45 bits per heavy atom. The van der Waals surface area contributed by atoms with Crippen LogP contribution in [0.4, 0.5) is 0 Å². The van der Waals surface area contributed by atoms with E-state index < -0.39 is 14.9 Å². The fourth-order valence-electron chi connectivity index (χ4n) is 1.28. The van der Waals surface area contributed by atoms with Gasteiger partial charge in [-0.25, -0.2) is 0 Å². The normalized spacial score (nSPS) is 21.6. The zero-order valence-corrected chi connectivity index (χ0v) is 7.52. The molecule has 1 aliphatic carbocycles. The maximum Gasteiger partial charge on any atom is 0.270 e. The number of hydrogen-bond acceptors (Lipinski definition) is 2. The van der Waals surface area contributed by atoms with E-state index in [0.29, 0.717) is 19.3 Å². The lowest BCUT2D eigenvalue weighted by atomic mass is 10.2. The van der Waals surface area contributed by atoms with E-state index in [4.69, 9.17) is 4.55 Å². The molecule has 0 heterocycles. The monoisotopic (exact) mass is 178 g/mol. The summed E-state index contributed by atoms with van der Waals surface area (Å²) in [5.41, 5.74) is 0. The Labute approximate surface area is 67.6 Å². The molecule has 0 unspecified atom stereocenters. The van der Waals surface area contributed by atoms with Crippen LogP contribution in [0, 0.1) is 0 Å². The van der Waals surface area contributed by atoms with Crippen LogP contribution in [0.25, 0.3) is 0 Å². The van der Waals surface area contributed by atoms with Crippen LogP contribution < -0.4 is 0 Å². The molecular weight excluding hydrogens is 164 g/mol. The molecule has 1 N–H and O–H groups in total. The Morgan fingerprint density at radius 2 is 2.00 bits per heavy atom. The van der Waals surface area contributed by atoms with Crippen molar-refractivity contribution >= 4 is 10.1 Å². The van der Waals surface area contributed by atoms with E-state index >= 15 is 0 Å². The zero-order chi connectivity index (χ0) is 8.54. The van der Waals surface area contributed by atoms with Crippen molar-refractivity contribution in [1.82, 2.24) is 0 Å². The van der Waals surface area contributed by atoms with Crippen molar-refractivity contribution in [3.63, 3.8) is 0 Å². The van der Waals surface area contributed by atoms with Gasteiger partial charge in [0.05, 0.1) is 4.75 Å². The summed E-state index contributed by atoms with van der Waals surface area (Å²) in [4.78, 5) is 0. The summed E-state index contributed by atoms with van der Waals surface area (Å²) in [6.07, 6.45) is 3.79. The SMILES string of the molecule is CCCCC1(S(=O)(=O)O)CC1. The van der Waals surface area contributed by atoms with E-state index in [1.165, 1.54) is 0 Å². The molecule has 1 fully saturated rings. The lowest BCUT2D eigenvalue weighted by Crippen LogP contribution is -2.21. The van der Waals surface area contributed by atoms with Crippen LogP contribution in [-0.4, -0.2) is 17.7 Å². The van der Waals surface area contributed by atoms with Crippen molar-refractivity contribution in [2.75, 3.05) is 0 Å². The van der Waals surface area contributed by atoms with Gasteiger partial charge in [-0.3, -0.25) is 4.55 Å². The zero-order valence-electron chi connectivity index (χ0n) is 6.71. The van der Waals surface area contributed by atoms with Crippen molar-refractivity contribution in [3.05, 3.63) is 0 Å². The summed E-state index contributed by atoms with van der Waals surface area (Å²) in [5.74, 6) is 0. The maximum absolute atomic E-state index is 10.8. The summed E-state index contributed by atoms with van der Waals surface area (Å²) in [6.45, 7) is 2.01. The van der Waals surface area contributed by atoms with Crippen molar-refractivity contribution in [2.24, 2.45) is 0 Å². The highest BCUT2D eigenvalue weighted by Crippen LogP contribution is 2.46. The predicted molar refractivity (Wildman–Crippen MR) is 43.0 cm³/mol. The van der Waals surface area contributed by atoms with Gasteiger partial charge in [0.25, 0.3) is 10.1 Å².